The van der Waals surface area contributed by atoms with E-state index in [-0.39, 0.29) is 11.9 Å². The highest BCUT2D eigenvalue weighted by Gasteiger charge is 2.32. The molecule has 0 aromatic carbocycles. The van der Waals surface area contributed by atoms with E-state index < -0.39 is 0 Å². The van der Waals surface area contributed by atoms with Crippen LogP contribution in [0.3, 0.4) is 0 Å². The minimum absolute atomic E-state index is 0.0369. The fraction of sp³-hybridized carbons (Fsp3) is 0.909. The van der Waals surface area contributed by atoms with Gasteiger partial charge in [0.2, 0.25) is 5.91 Å². The lowest BCUT2D eigenvalue weighted by Gasteiger charge is -2.30. The van der Waals surface area contributed by atoms with E-state index in [2.05, 4.69) is 10.2 Å². The van der Waals surface area contributed by atoms with Crippen molar-refractivity contribution in [3.05, 3.63) is 0 Å². The maximum atomic E-state index is 12.2. The van der Waals surface area contributed by atoms with Crippen LogP contribution in [0.2, 0.25) is 0 Å². The van der Waals surface area contributed by atoms with Crippen LogP contribution in [-0.2, 0) is 4.79 Å². The molecular weight excluding hydrogens is 190 g/mol. The van der Waals surface area contributed by atoms with Gasteiger partial charge in [0.25, 0.3) is 0 Å². The van der Waals surface area contributed by atoms with Gasteiger partial charge in [0.15, 0.2) is 0 Å². The van der Waals surface area contributed by atoms with E-state index in [1.54, 1.807) is 0 Å². The maximum Gasteiger partial charge on any atom is 0.240 e. The van der Waals surface area contributed by atoms with Gasteiger partial charge in [-0.25, -0.2) is 0 Å². The number of amides is 1. The molecule has 2 unspecified atom stereocenters. The van der Waals surface area contributed by atoms with Crippen LogP contribution in [0, 0.1) is 0 Å². The lowest BCUT2D eigenvalue weighted by Crippen LogP contribution is -2.50. The number of nitrogens with one attached hydrogen (secondary N) is 1. The first-order valence-electron chi connectivity index (χ1n) is 5.94. The summed E-state index contributed by atoms with van der Waals surface area (Å²) in [7, 11) is 2.04. The van der Waals surface area contributed by atoms with Crippen molar-refractivity contribution in [3.8, 4) is 0 Å². The van der Waals surface area contributed by atoms with Crippen LogP contribution in [-0.4, -0.2) is 54.6 Å². The highest BCUT2D eigenvalue weighted by Crippen LogP contribution is 2.16. The summed E-state index contributed by atoms with van der Waals surface area (Å²) in [5, 5.41) is 3.41. The van der Waals surface area contributed by atoms with Gasteiger partial charge in [-0.05, 0) is 39.8 Å². The van der Waals surface area contributed by atoms with Gasteiger partial charge in [-0.2, -0.15) is 0 Å². The largest absolute Gasteiger partial charge is 0.326 e. The third-order valence-electron chi connectivity index (χ3n) is 3.62. The summed E-state index contributed by atoms with van der Waals surface area (Å²) >= 11 is 0. The molecule has 0 saturated carbocycles. The minimum atomic E-state index is 0.0369. The minimum Gasteiger partial charge on any atom is -0.326 e. The Kier molecular flexibility index (Phi) is 3.26. The van der Waals surface area contributed by atoms with Gasteiger partial charge in [-0.3, -0.25) is 15.0 Å². The van der Waals surface area contributed by atoms with E-state index in [1.165, 1.54) is 6.42 Å². The molecule has 1 amide bonds. The Labute approximate surface area is 91.6 Å². The fourth-order valence-electron chi connectivity index (χ4n) is 2.46. The van der Waals surface area contributed by atoms with Crippen LogP contribution < -0.4 is 5.32 Å². The normalized spacial score (nSPS) is 34.5. The molecule has 4 heteroatoms. The van der Waals surface area contributed by atoms with Crippen molar-refractivity contribution in [2.45, 2.75) is 38.4 Å². The molecule has 86 valence electrons. The summed E-state index contributed by atoms with van der Waals surface area (Å²) in [6.45, 7) is 5.00. The number of likely N-dealkylation sites (N-methyl/N-ethyl adjacent to an activating group) is 1. The van der Waals surface area contributed by atoms with Gasteiger partial charge in [-0.15, -0.1) is 0 Å². The maximum absolute atomic E-state index is 12.2. The summed E-state index contributed by atoms with van der Waals surface area (Å²) in [6, 6.07) is 0.0369. The molecule has 2 fully saturated rings. The van der Waals surface area contributed by atoms with Gasteiger partial charge in [0, 0.05) is 13.1 Å². The molecule has 0 spiro atoms. The highest BCUT2D eigenvalue weighted by molar-refractivity contribution is 5.82. The van der Waals surface area contributed by atoms with E-state index in [9.17, 15) is 4.79 Å². The van der Waals surface area contributed by atoms with Crippen LogP contribution in [0.25, 0.3) is 0 Å². The zero-order valence-corrected chi connectivity index (χ0v) is 9.70. The number of carbonyl (C=O) groups excluding carboxylic acids is 1. The van der Waals surface area contributed by atoms with Crippen molar-refractivity contribution in [2.24, 2.45) is 0 Å². The summed E-state index contributed by atoms with van der Waals surface area (Å²) in [6.07, 6.45) is 3.69. The van der Waals surface area contributed by atoms with Gasteiger partial charge in [0.05, 0.1) is 12.2 Å². The van der Waals surface area contributed by atoms with Crippen molar-refractivity contribution in [3.63, 3.8) is 0 Å². The van der Waals surface area contributed by atoms with Crippen molar-refractivity contribution in [1.82, 2.24) is 15.1 Å². The molecule has 2 rings (SSSR count). The van der Waals surface area contributed by atoms with E-state index in [4.69, 9.17) is 0 Å². The summed E-state index contributed by atoms with van der Waals surface area (Å²) in [5.74, 6) is 0.286. The van der Waals surface area contributed by atoms with Gasteiger partial charge in [0.1, 0.15) is 0 Å². The molecule has 2 atom stereocenters. The second-order valence-corrected chi connectivity index (χ2v) is 4.65. The first-order valence-corrected chi connectivity index (χ1v) is 5.94. The molecule has 0 aromatic rings. The Morgan fingerprint density at radius 2 is 2.13 bits per heavy atom. The van der Waals surface area contributed by atoms with Crippen molar-refractivity contribution < 1.29 is 4.79 Å². The lowest BCUT2D eigenvalue weighted by atomic mass is 10.2. The second-order valence-electron chi connectivity index (χ2n) is 4.65. The highest BCUT2D eigenvalue weighted by atomic mass is 16.2. The zero-order valence-electron chi connectivity index (χ0n) is 9.70. The van der Waals surface area contributed by atoms with Crippen molar-refractivity contribution in [1.29, 1.82) is 0 Å². The monoisotopic (exact) mass is 211 g/mol. The first-order chi connectivity index (χ1) is 7.20. The standard InChI is InChI=1S/C11H21N3O/c1-9-11(15)14(8-4-7-13(9)2)10-5-3-6-12-10/h9-10,12H,3-8H2,1-2H3. The van der Waals surface area contributed by atoms with E-state index in [0.29, 0.717) is 6.17 Å². The second kappa shape index (κ2) is 4.49. The number of hydrogen-bond acceptors (Lipinski definition) is 3. The Morgan fingerprint density at radius 1 is 1.33 bits per heavy atom. The Morgan fingerprint density at radius 3 is 2.80 bits per heavy atom. The van der Waals surface area contributed by atoms with Crippen LogP contribution >= 0.6 is 0 Å². The van der Waals surface area contributed by atoms with Gasteiger partial charge < -0.3 is 4.90 Å². The zero-order chi connectivity index (χ0) is 10.8. The smallest absolute Gasteiger partial charge is 0.240 e. The molecule has 2 aliphatic heterocycles. The molecule has 0 aliphatic carbocycles. The first kappa shape index (κ1) is 10.9. The molecule has 1 N–H and O–H groups in total. The molecule has 2 heterocycles. The number of rotatable bonds is 1. The van der Waals surface area contributed by atoms with Gasteiger partial charge in [-0.1, -0.05) is 0 Å². The molecule has 2 saturated heterocycles. The Balaban J connectivity index is 2.06. The summed E-state index contributed by atoms with van der Waals surface area (Å²) < 4.78 is 0. The third-order valence-corrected chi connectivity index (χ3v) is 3.62. The van der Waals surface area contributed by atoms with E-state index >= 15 is 0 Å². The molecule has 0 radical (unpaired) electrons. The van der Waals surface area contributed by atoms with Crippen molar-refractivity contribution in [2.75, 3.05) is 26.7 Å². The average molecular weight is 211 g/mol. The molecular formula is C11H21N3O. The Hall–Kier alpha value is -0.610. The lowest BCUT2D eigenvalue weighted by molar-refractivity contribution is -0.137. The van der Waals surface area contributed by atoms with Gasteiger partial charge >= 0.3 is 0 Å². The predicted molar refractivity (Wildman–Crippen MR) is 59.4 cm³/mol. The van der Waals surface area contributed by atoms with Crippen LogP contribution in [0.4, 0.5) is 0 Å². The average Bonchev–Trinajstić information content (AvgIpc) is 2.71. The quantitative estimate of drug-likeness (QED) is 0.675. The predicted octanol–water partition coefficient (Wildman–Crippen LogP) is 0.249. The molecule has 4 nitrogen and oxygen atoms in total. The number of nitrogens with zero attached hydrogens (tertiary/aromatic N) is 2. The Bertz CT molecular complexity index is 238. The fourth-order valence-corrected chi connectivity index (χ4v) is 2.46. The summed E-state index contributed by atoms with van der Waals surface area (Å²) in [5.41, 5.74) is 0. The molecule has 2 aliphatic rings. The molecule has 0 bridgehead atoms. The van der Waals surface area contributed by atoms with E-state index in [1.807, 2.05) is 18.9 Å². The van der Waals surface area contributed by atoms with Crippen molar-refractivity contribution >= 4 is 5.91 Å². The topological polar surface area (TPSA) is 35.6 Å². The number of hydrogen-bond donors (Lipinski definition) is 1. The molecule has 15 heavy (non-hydrogen) atoms. The van der Waals surface area contributed by atoms with E-state index in [0.717, 1.165) is 32.5 Å². The van der Waals surface area contributed by atoms with Crippen LogP contribution in [0.15, 0.2) is 0 Å². The number of carbonyl (C=O) groups is 1. The molecule has 0 aromatic heterocycles. The van der Waals surface area contributed by atoms with Crippen LogP contribution in [0.1, 0.15) is 26.2 Å². The third kappa shape index (κ3) is 2.16. The van der Waals surface area contributed by atoms with Crippen LogP contribution in [0.5, 0.6) is 0 Å². The SMILES string of the molecule is CC1C(=O)N(C2CCCN2)CCCN1C. The summed E-state index contributed by atoms with van der Waals surface area (Å²) in [4.78, 5) is 16.4.